The maximum absolute atomic E-state index is 13.8. The summed E-state index contributed by atoms with van der Waals surface area (Å²) in [4.78, 5) is 45.7. The molecule has 0 radical (unpaired) electrons. The van der Waals surface area contributed by atoms with Gasteiger partial charge in [-0.15, -0.1) is 0 Å². The van der Waals surface area contributed by atoms with Crippen molar-refractivity contribution in [2.24, 2.45) is 11.3 Å². The molecular formula is C27H48N4O3. The number of amides is 3. The average molecular weight is 477 g/mol. The van der Waals surface area contributed by atoms with Gasteiger partial charge < -0.3 is 15.1 Å². The van der Waals surface area contributed by atoms with Gasteiger partial charge in [0.05, 0.1) is 12.1 Å². The van der Waals surface area contributed by atoms with Crippen LogP contribution in [0.1, 0.15) is 80.6 Å². The smallest absolute Gasteiger partial charge is 0.249 e. The van der Waals surface area contributed by atoms with Crippen LogP contribution in [0.3, 0.4) is 0 Å². The Labute approximate surface area is 207 Å². The average Bonchev–Trinajstić information content (AvgIpc) is 3.19. The number of carbonyl (C=O) groups is 3. The summed E-state index contributed by atoms with van der Waals surface area (Å²) in [5, 5.41) is 3.09. The summed E-state index contributed by atoms with van der Waals surface area (Å²) in [5.74, 6) is -0.0232. The Morgan fingerprint density at radius 1 is 1.06 bits per heavy atom. The Balaban J connectivity index is 2.22. The van der Waals surface area contributed by atoms with Crippen molar-refractivity contribution in [1.82, 2.24) is 20.0 Å². The molecule has 34 heavy (non-hydrogen) atoms. The normalized spacial score (nSPS) is 24.2. The Morgan fingerprint density at radius 2 is 1.71 bits per heavy atom. The van der Waals surface area contributed by atoms with Crippen molar-refractivity contribution in [1.29, 1.82) is 0 Å². The molecule has 0 spiro atoms. The van der Waals surface area contributed by atoms with Gasteiger partial charge in [0.1, 0.15) is 6.04 Å². The van der Waals surface area contributed by atoms with E-state index in [9.17, 15) is 14.4 Å². The largest absolute Gasteiger partial charge is 0.342 e. The first-order valence-electron chi connectivity index (χ1n) is 13.0. The van der Waals surface area contributed by atoms with Crippen molar-refractivity contribution >= 4 is 17.7 Å². The summed E-state index contributed by atoms with van der Waals surface area (Å²) in [6.07, 6.45) is 6.95. The van der Waals surface area contributed by atoms with Crippen LogP contribution in [0.15, 0.2) is 11.6 Å². The fraction of sp³-hybridized carbons (Fsp3) is 0.815. The van der Waals surface area contributed by atoms with E-state index in [0.29, 0.717) is 5.57 Å². The molecule has 0 aliphatic carbocycles. The van der Waals surface area contributed by atoms with Gasteiger partial charge in [-0.3, -0.25) is 19.3 Å². The fourth-order valence-corrected chi connectivity index (χ4v) is 5.18. The van der Waals surface area contributed by atoms with Crippen molar-refractivity contribution < 1.29 is 14.4 Å². The monoisotopic (exact) mass is 476 g/mol. The lowest BCUT2D eigenvalue weighted by Crippen LogP contribution is -2.59. The molecule has 2 aliphatic rings. The number of carbonyl (C=O) groups excluding carboxylic acids is 3. The second kappa shape index (κ2) is 11.7. The van der Waals surface area contributed by atoms with Gasteiger partial charge in [0.15, 0.2) is 0 Å². The van der Waals surface area contributed by atoms with E-state index in [1.54, 1.807) is 11.9 Å². The highest BCUT2D eigenvalue weighted by molar-refractivity contribution is 5.94. The van der Waals surface area contributed by atoms with Crippen LogP contribution in [0.25, 0.3) is 0 Å². The molecule has 2 saturated heterocycles. The van der Waals surface area contributed by atoms with Crippen LogP contribution in [-0.2, 0) is 14.4 Å². The molecule has 4 atom stereocenters. The van der Waals surface area contributed by atoms with E-state index >= 15 is 0 Å². The van der Waals surface area contributed by atoms with E-state index in [1.165, 1.54) is 0 Å². The number of piperidine rings is 1. The Bertz CT molecular complexity index is 770. The van der Waals surface area contributed by atoms with Gasteiger partial charge >= 0.3 is 0 Å². The number of nitrogens with one attached hydrogen (secondary N) is 1. The summed E-state index contributed by atoms with van der Waals surface area (Å²) in [7, 11) is 3.77. The molecule has 3 amide bonds. The van der Waals surface area contributed by atoms with E-state index in [1.807, 2.05) is 45.7 Å². The summed E-state index contributed by atoms with van der Waals surface area (Å²) >= 11 is 0. The number of likely N-dealkylation sites (tertiary alicyclic amines) is 2. The van der Waals surface area contributed by atoms with Gasteiger partial charge in [-0.2, -0.15) is 0 Å². The molecule has 7 nitrogen and oxygen atoms in total. The Morgan fingerprint density at radius 3 is 2.21 bits per heavy atom. The molecule has 2 fully saturated rings. The first kappa shape index (κ1) is 28.3. The summed E-state index contributed by atoms with van der Waals surface area (Å²) < 4.78 is 0. The van der Waals surface area contributed by atoms with E-state index in [0.717, 1.165) is 45.2 Å². The highest BCUT2D eigenvalue weighted by Crippen LogP contribution is 2.26. The minimum Gasteiger partial charge on any atom is -0.342 e. The van der Waals surface area contributed by atoms with Crippen LogP contribution >= 0.6 is 0 Å². The fourth-order valence-electron chi connectivity index (χ4n) is 5.18. The molecular weight excluding hydrogens is 428 g/mol. The lowest BCUT2D eigenvalue weighted by atomic mass is 9.84. The van der Waals surface area contributed by atoms with Crippen molar-refractivity contribution in [3.63, 3.8) is 0 Å². The first-order chi connectivity index (χ1) is 15.8. The van der Waals surface area contributed by atoms with Gasteiger partial charge in [0.25, 0.3) is 0 Å². The van der Waals surface area contributed by atoms with Gasteiger partial charge in [0.2, 0.25) is 17.7 Å². The maximum atomic E-state index is 13.8. The second-order valence-electron chi connectivity index (χ2n) is 11.8. The van der Waals surface area contributed by atoms with Crippen LogP contribution in [0.5, 0.6) is 0 Å². The van der Waals surface area contributed by atoms with E-state index in [4.69, 9.17) is 0 Å². The van der Waals surface area contributed by atoms with Gasteiger partial charge in [-0.1, -0.05) is 47.1 Å². The lowest BCUT2D eigenvalue weighted by molar-refractivity contribution is -0.141. The van der Waals surface area contributed by atoms with Gasteiger partial charge in [-0.05, 0) is 64.5 Å². The third-order valence-electron chi connectivity index (χ3n) is 7.52. The standard InChI is InChI=1S/C27H48N4O3/c1-18(2)22(17-19(3)25(33)31-16-12-13-20(31)4)30(9)26(34)23(27(5,6)7)28-24(32)21-14-10-11-15-29(21)8/h17-18,20-23H,10-16H2,1-9H3,(H,28,32)/b19-17+/t20-,21?,22?,23-/m1/s1. The Hall–Kier alpha value is -1.89. The summed E-state index contributed by atoms with van der Waals surface area (Å²) in [6.45, 7) is 15.7. The molecule has 0 saturated carbocycles. The zero-order chi connectivity index (χ0) is 25.8. The third kappa shape index (κ3) is 6.83. The molecule has 0 aromatic heterocycles. The van der Waals surface area contributed by atoms with Crippen LogP contribution in [0.4, 0.5) is 0 Å². The minimum absolute atomic E-state index is 0.0532. The highest BCUT2D eigenvalue weighted by atomic mass is 16.2. The molecule has 0 aromatic rings. The zero-order valence-corrected chi connectivity index (χ0v) is 23.0. The third-order valence-corrected chi connectivity index (χ3v) is 7.52. The number of hydrogen-bond acceptors (Lipinski definition) is 4. The predicted octanol–water partition coefficient (Wildman–Crippen LogP) is 3.44. The van der Waals surface area contributed by atoms with Crippen LogP contribution in [0.2, 0.25) is 0 Å². The molecule has 194 valence electrons. The summed E-state index contributed by atoms with van der Waals surface area (Å²) in [5.41, 5.74) is 0.224. The van der Waals surface area contributed by atoms with E-state index < -0.39 is 11.5 Å². The predicted molar refractivity (Wildman–Crippen MR) is 137 cm³/mol. The molecule has 1 N–H and O–H groups in total. The quantitative estimate of drug-likeness (QED) is 0.572. The van der Waals surface area contributed by atoms with Gasteiger partial charge in [0, 0.05) is 25.2 Å². The number of nitrogens with zero attached hydrogens (tertiary/aromatic N) is 3. The van der Waals surface area contributed by atoms with Crippen molar-refractivity contribution in [3.8, 4) is 0 Å². The second-order valence-corrected chi connectivity index (χ2v) is 11.8. The zero-order valence-electron chi connectivity index (χ0n) is 23.0. The maximum Gasteiger partial charge on any atom is 0.249 e. The van der Waals surface area contributed by atoms with Crippen LogP contribution < -0.4 is 5.32 Å². The molecule has 2 rings (SSSR count). The lowest BCUT2D eigenvalue weighted by Gasteiger charge is -2.39. The SMILES string of the molecule is C/C(=C\C(C(C)C)N(C)C(=O)[C@@H](NC(=O)C1CCCCN1C)C(C)(C)C)C(=O)N1CCC[C@H]1C. The van der Waals surface area contributed by atoms with Crippen LogP contribution in [-0.4, -0.2) is 83.8 Å². The van der Waals surface area contributed by atoms with E-state index in [-0.39, 0.29) is 41.8 Å². The van der Waals surface area contributed by atoms with Crippen molar-refractivity contribution in [2.45, 2.75) is 105 Å². The summed E-state index contributed by atoms with van der Waals surface area (Å²) in [6, 6.07) is -0.830. The molecule has 2 heterocycles. The van der Waals surface area contributed by atoms with Crippen molar-refractivity contribution in [3.05, 3.63) is 11.6 Å². The van der Waals surface area contributed by atoms with Gasteiger partial charge in [-0.25, -0.2) is 0 Å². The topological polar surface area (TPSA) is 73.0 Å². The first-order valence-corrected chi connectivity index (χ1v) is 13.0. The number of likely N-dealkylation sites (N-methyl/N-ethyl adjacent to an activating group) is 2. The molecule has 2 aliphatic heterocycles. The number of hydrogen-bond donors (Lipinski definition) is 1. The molecule has 0 aromatic carbocycles. The highest BCUT2D eigenvalue weighted by Gasteiger charge is 2.39. The minimum atomic E-state index is -0.649. The van der Waals surface area contributed by atoms with Crippen LogP contribution in [0, 0.1) is 11.3 Å². The molecule has 7 heteroatoms. The molecule has 2 unspecified atom stereocenters. The molecule has 0 bridgehead atoms. The van der Waals surface area contributed by atoms with E-state index in [2.05, 4.69) is 31.0 Å². The van der Waals surface area contributed by atoms with Crippen molar-refractivity contribution in [2.75, 3.05) is 27.2 Å². The number of rotatable bonds is 7. The Kier molecular flexibility index (Phi) is 9.75.